The molecule has 0 aromatic carbocycles. The zero-order valence-electron chi connectivity index (χ0n) is 31.8. The van der Waals surface area contributed by atoms with Crippen molar-refractivity contribution in [1.29, 1.82) is 0 Å². The zero-order valence-corrected chi connectivity index (χ0v) is 31.8. The number of hydrogen-bond acceptors (Lipinski definition) is 16. The van der Waals surface area contributed by atoms with Gasteiger partial charge in [0.15, 0.2) is 0 Å². The number of rotatable bonds is 43. The summed E-state index contributed by atoms with van der Waals surface area (Å²) < 4.78 is 70.4. The molecule has 0 unspecified atom stereocenters. The largest absolute Gasteiger partial charge is 0.463 e. The van der Waals surface area contributed by atoms with E-state index in [-0.39, 0.29) is 37.5 Å². The number of esters is 1. The number of ether oxygens (including phenoxy) is 13. The molecule has 0 bridgehead atoms. The lowest BCUT2D eigenvalue weighted by Crippen LogP contribution is -2.33. The van der Waals surface area contributed by atoms with Crippen LogP contribution in [0.4, 0.5) is 0 Å². The maximum atomic E-state index is 11.5. The van der Waals surface area contributed by atoms with Crippen molar-refractivity contribution in [3.05, 3.63) is 12.2 Å². The minimum Gasteiger partial charge on any atom is -0.463 e. The van der Waals surface area contributed by atoms with Crippen molar-refractivity contribution in [2.75, 3.05) is 172 Å². The van der Waals surface area contributed by atoms with Gasteiger partial charge in [0.25, 0.3) is 11.8 Å². The van der Waals surface area contributed by atoms with Crippen molar-refractivity contribution in [1.82, 2.24) is 4.90 Å². The summed E-state index contributed by atoms with van der Waals surface area (Å²) in [4.78, 5) is 35.4. The number of carbonyl (C=O) groups excluding carboxylic acids is 3. The van der Waals surface area contributed by atoms with E-state index >= 15 is 0 Å². The molecular formula is C36H65NO16. The van der Waals surface area contributed by atoms with E-state index in [0.29, 0.717) is 158 Å². The molecule has 1 aliphatic heterocycles. The van der Waals surface area contributed by atoms with Crippen molar-refractivity contribution in [2.24, 2.45) is 0 Å². The summed E-state index contributed by atoms with van der Waals surface area (Å²) in [6.07, 6.45) is 5.97. The van der Waals surface area contributed by atoms with Crippen molar-refractivity contribution in [2.45, 2.75) is 32.6 Å². The predicted molar refractivity (Wildman–Crippen MR) is 191 cm³/mol. The van der Waals surface area contributed by atoms with Gasteiger partial charge in [-0.15, -0.1) is 0 Å². The van der Waals surface area contributed by atoms with Gasteiger partial charge in [-0.3, -0.25) is 19.3 Å². The van der Waals surface area contributed by atoms with Gasteiger partial charge in [-0.2, -0.15) is 0 Å². The Labute approximate surface area is 315 Å². The summed E-state index contributed by atoms with van der Waals surface area (Å²) in [7, 11) is 0. The third kappa shape index (κ3) is 34.1. The molecule has 1 heterocycles. The topological polar surface area (TPSA) is 174 Å². The molecule has 2 amide bonds. The van der Waals surface area contributed by atoms with E-state index in [1.54, 1.807) is 0 Å². The first kappa shape index (κ1) is 48.9. The van der Waals surface area contributed by atoms with Crippen LogP contribution in [0.25, 0.3) is 0 Å². The third-order valence-corrected chi connectivity index (χ3v) is 6.93. The summed E-state index contributed by atoms with van der Waals surface area (Å²) in [6, 6.07) is 0. The molecular weight excluding hydrogens is 702 g/mol. The third-order valence-electron chi connectivity index (χ3n) is 6.93. The summed E-state index contributed by atoms with van der Waals surface area (Å²) in [5.74, 6) is -0.785. The molecule has 0 saturated heterocycles. The van der Waals surface area contributed by atoms with E-state index in [1.807, 2.05) is 0 Å². The molecule has 0 saturated carbocycles. The second-order valence-corrected chi connectivity index (χ2v) is 11.2. The van der Waals surface area contributed by atoms with Gasteiger partial charge in [-0.1, -0.05) is 19.8 Å². The summed E-state index contributed by atoms with van der Waals surface area (Å²) in [5.41, 5.74) is 0. The monoisotopic (exact) mass is 767 g/mol. The lowest BCUT2D eigenvalue weighted by molar-refractivity contribution is -0.145. The number of nitrogens with zero attached hydrogens (tertiary/aromatic N) is 1. The molecule has 310 valence electrons. The van der Waals surface area contributed by atoms with Crippen molar-refractivity contribution >= 4 is 17.8 Å². The highest BCUT2D eigenvalue weighted by Crippen LogP contribution is 2.02. The van der Waals surface area contributed by atoms with Crippen LogP contribution in [0, 0.1) is 0 Å². The number of unbranched alkanes of at least 4 members (excludes halogenated alkanes) is 2. The molecule has 0 atom stereocenters. The SMILES string of the molecule is CCCCCC(=O)OCCOCCOCCOCCOCCOCCOCCOCCOCCOCCOCCOCCOCCN1C(=O)C=CC1=O. The van der Waals surface area contributed by atoms with Crippen molar-refractivity contribution in [3.63, 3.8) is 0 Å². The minimum absolute atomic E-state index is 0.166. The van der Waals surface area contributed by atoms with Crippen LogP contribution in [0.5, 0.6) is 0 Å². The van der Waals surface area contributed by atoms with Crippen LogP contribution in [-0.2, 0) is 76.0 Å². The molecule has 17 heteroatoms. The molecule has 0 aliphatic carbocycles. The Bertz CT molecular complexity index is 862. The summed E-state index contributed by atoms with van der Waals surface area (Å²) >= 11 is 0. The van der Waals surface area contributed by atoms with Gasteiger partial charge in [0.05, 0.1) is 165 Å². The number of carbonyl (C=O) groups is 3. The van der Waals surface area contributed by atoms with E-state index < -0.39 is 0 Å². The van der Waals surface area contributed by atoms with E-state index in [2.05, 4.69) is 6.92 Å². The van der Waals surface area contributed by atoms with Gasteiger partial charge in [0.1, 0.15) is 6.61 Å². The van der Waals surface area contributed by atoms with Crippen LogP contribution in [0.3, 0.4) is 0 Å². The van der Waals surface area contributed by atoms with Gasteiger partial charge in [-0.05, 0) is 6.42 Å². The van der Waals surface area contributed by atoms with Gasteiger partial charge in [0.2, 0.25) is 0 Å². The predicted octanol–water partition coefficient (Wildman–Crippen LogP) is 1.23. The Balaban J connectivity index is 1.62. The van der Waals surface area contributed by atoms with Gasteiger partial charge >= 0.3 is 5.97 Å². The molecule has 1 aliphatic rings. The Morgan fingerprint density at radius 1 is 0.415 bits per heavy atom. The highest BCUT2D eigenvalue weighted by Gasteiger charge is 2.22. The summed E-state index contributed by atoms with van der Waals surface area (Å²) in [5, 5.41) is 0. The highest BCUT2D eigenvalue weighted by molar-refractivity contribution is 6.12. The van der Waals surface area contributed by atoms with E-state index in [0.717, 1.165) is 24.2 Å². The van der Waals surface area contributed by atoms with E-state index in [4.69, 9.17) is 61.6 Å². The molecule has 1 rings (SSSR count). The average Bonchev–Trinajstić information content (AvgIpc) is 3.48. The summed E-state index contributed by atoms with van der Waals surface area (Å²) in [6.45, 7) is 13.5. The highest BCUT2D eigenvalue weighted by atomic mass is 16.6. The van der Waals surface area contributed by atoms with Gasteiger partial charge in [0, 0.05) is 18.6 Å². The van der Waals surface area contributed by atoms with Crippen LogP contribution < -0.4 is 0 Å². The second kappa shape index (κ2) is 39.6. The minimum atomic E-state index is -0.310. The maximum Gasteiger partial charge on any atom is 0.305 e. The average molecular weight is 768 g/mol. The Morgan fingerprint density at radius 2 is 0.679 bits per heavy atom. The van der Waals surface area contributed by atoms with E-state index in [1.165, 1.54) is 12.2 Å². The quantitative estimate of drug-likeness (QED) is 0.0492. The first-order valence-electron chi connectivity index (χ1n) is 18.8. The first-order valence-corrected chi connectivity index (χ1v) is 18.8. The normalized spacial score (nSPS) is 12.8. The van der Waals surface area contributed by atoms with Gasteiger partial charge < -0.3 is 61.6 Å². The number of hydrogen-bond donors (Lipinski definition) is 0. The first-order chi connectivity index (χ1) is 26.1. The zero-order chi connectivity index (χ0) is 38.1. The van der Waals surface area contributed by atoms with Crippen molar-refractivity contribution < 1.29 is 76.0 Å². The Kier molecular flexibility index (Phi) is 36.5. The Morgan fingerprint density at radius 3 is 0.962 bits per heavy atom. The number of amides is 2. The van der Waals surface area contributed by atoms with Crippen LogP contribution in [0.1, 0.15) is 32.6 Å². The molecule has 0 spiro atoms. The van der Waals surface area contributed by atoms with E-state index in [9.17, 15) is 14.4 Å². The van der Waals surface area contributed by atoms with Crippen LogP contribution in [0.2, 0.25) is 0 Å². The molecule has 0 radical (unpaired) electrons. The van der Waals surface area contributed by atoms with Crippen LogP contribution >= 0.6 is 0 Å². The smallest absolute Gasteiger partial charge is 0.305 e. The maximum absolute atomic E-state index is 11.5. The molecule has 53 heavy (non-hydrogen) atoms. The van der Waals surface area contributed by atoms with Crippen LogP contribution in [-0.4, -0.2) is 194 Å². The fraction of sp³-hybridized carbons (Fsp3) is 0.861. The fourth-order valence-corrected chi connectivity index (χ4v) is 4.13. The fourth-order valence-electron chi connectivity index (χ4n) is 4.13. The Hall–Kier alpha value is -2.13. The molecule has 0 N–H and O–H groups in total. The second-order valence-electron chi connectivity index (χ2n) is 11.2. The number of imide groups is 1. The molecule has 0 aromatic rings. The van der Waals surface area contributed by atoms with Crippen molar-refractivity contribution in [3.8, 4) is 0 Å². The van der Waals surface area contributed by atoms with Gasteiger partial charge in [-0.25, -0.2) is 0 Å². The standard InChI is InChI=1S/C36H65NO16/c1-2-3-4-5-36(40)53-33-32-52-31-30-51-29-28-50-27-26-49-25-24-48-23-22-47-21-20-46-19-18-45-17-16-44-15-14-43-13-12-42-11-10-41-9-8-37-34(38)6-7-35(37)39/h6-7H,2-5,8-33H2,1H3. The molecule has 0 aromatic heterocycles. The van der Waals surface area contributed by atoms with Crippen LogP contribution in [0.15, 0.2) is 12.2 Å². The lowest BCUT2D eigenvalue weighted by Gasteiger charge is -2.13. The lowest BCUT2D eigenvalue weighted by atomic mass is 10.2. The molecule has 17 nitrogen and oxygen atoms in total. The molecule has 0 fully saturated rings.